The third-order valence-electron chi connectivity index (χ3n) is 3.29. The first-order chi connectivity index (χ1) is 10.2. The quantitative estimate of drug-likeness (QED) is 0.784. The number of benzene rings is 1. The number of hydrogen-bond acceptors (Lipinski definition) is 5. The molecule has 0 unspecified atom stereocenters. The molecule has 1 aromatic carbocycles. The molecular weight excluding hydrogens is 280 g/mol. The predicted molar refractivity (Wildman–Crippen MR) is 88.6 cm³/mol. The molecule has 3 rings (SSSR count). The Balaban J connectivity index is 1.80. The normalized spacial score (nSPS) is 11.2. The van der Waals surface area contributed by atoms with E-state index in [1.165, 1.54) is 11.1 Å². The van der Waals surface area contributed by atoms with Crippen molar-refractivity contribution >= 4 is 27.4 Å². The number of fused-ring (bicyclic) bond motifs is 1. The molecule has 0 aliphatic rings. The van der Waals surface area contributed by atoms with E-state index in [0.717, 1.165) is 29.1 Å². The second kappa shape index (κ2) is 6.20. The lowest BCUT2D eigenvalue weighted by Crippen LogP contribution is -2.13. The highest BCUT2D eigenvalue weighted by molar-refractivity contribution is 7.17. The van der Waals surface area contributed by atoms with Crippen molar-refractivity contribution in [2.45, 2.75) is 13.1 Å². The number of nitrogens with zero attached hydrogens (tertiary/aromatic N) is 3. The van der Waals surface area contributed by atoms with Gasteiger partial charge in [-0.2, -0.15) is 0 Å². The number of thiophene rings is 1. The molecule has 2 heterocycles. The SMILES string of the molecule is CN(C)Cc1ccccc1CNc1ncnc2ccsc12. The molecule has 0 saturated heterocycles. The van der Waals surface area contributed by atoms with Gasteiger partial charge in [-0.15, -0.1) is 11.3 Å². The maximum Gasteiger partial charge on any atom is 0.147 e. The molecule has 0 aliphatic carbocycles. The third-order valence-corrected chi connectivity index (χ3v) is 4.20. The Morgan fingerprint density at radius 2 is 1.90 bits per heavy atom. The van der Waals surface area contributed by atoms with Crippen LogP contribution in [-0.4, -0.2) is 29.0 Å². The third kappa shape index (κ3) is 3.20. The largest absolute Gasteiger partial charge is 0.365 e. The van der Waals surface area contributed by atoms with E-state index in [0.29, 0.717) is 0 Å². The first-order valence-electron chi connectivity index (χ1n) is 6.87. The number of rotatable bonds is 5. The van der Waals surface area contributed by atoms with Crippen molar-refractivity contribution in [2.75, 3.05) is 19.4 Å². The molecule has 21 heavy (non-hydrogen) atoms. The maximum absolute atomic E-state index is 4.36. The van der Waals surface area contributed by atoms with E-state index in [4.69, 9.17) is 0 Å². The van der Waals surface area contributed by atoms with Crippen molar-refractivity contribution in [1.29, 1.82) is 0 Å². The standard InChI is InChI=1S/C16H18N4S/c1-20(2)10-13-6-4-3-5-12(13)9-17-16-15-14(7-8-21-15)18-11-19-16/h3-8,11H,9-10H2,1-2H3,(H,17,18,19). The van der Waals surface area contributed by atoms with Crippen LogP contribution in [0.1, 0.15) is 11.1 Å². The minimum atomic E-state index is 0.772. The summed E-state index contributed by atoms with van der Waals surface area (Å²) in [6, 6.07) is 10.5. The minimum absolute atomic E-state index is 0.772. The van der Waals surface area contributed by atoms with Gasteiger partial charge >= 0.3 is 0 Å². The van der Waals surface area contributed by atoms with Gasteiger partial charge in [-0.1, -0.05) is 24.3 Å². The van der Waals surface area contributed by atoms with Crippen LogP contribution in [0, 0.1) is 0 Å². The molecule has 0 atom stereocenters. The zero-order valence-corrected chi connectivity index (χ0v) is 13.0. The van der Waals surface area contributed by atoms with Gasteiger partial charge in [0.25, 0.3) is 0 Å². The molecule has 2 aromatic heterocycles. The van der Waals surface area contributed by atoms with E-state index in [1.807, 2.05) is 11.4 Å². The van der Waals surface area contributed by atoms with Crippen molar-refractivity contribution in [1.82, 2.24) is 14.9 Å². The van der Waals surface area contributed by atoms with Crippen molar-refractivity contribution in [3.8, 4) is 0 Å². The Kier molecular flexibility index (Phi) is 4.13. The monoisotopic (exact) mass is 298 g/mol. The molecule has 0 saturated carbocycles. The van der Waals surface area contributed by atoms with Crippen LogP contribution in [0.15, 0.2) is 42.0 Å². The van der Waals surface area contributed by atoms with Gasteiger partial charge in [-0.05, 0) is 36.7 Å². The van der Waals surface area contributed by atoms with E-state index in [-0.39, 0.29) is 0 Å². The van der Waals surface area contributed by atoms with Crippen molar-refractivity contribution in [3.63, 3.8) is 0 Å². The van der Waals surface area contributed by atoms with Crippen LogP contribution in [0.3, 0.4) is 0 Å². The smallest absolute Gasteiger partial charge is 0.147 e. The molecule has 1 N–H and O–H groups in total. The summed E-state index contributed by atoms with van der Waals surface area (Å²) < 4.78 is 1.11. The molecule has 0 radical (unpaired) electrons. The molecule has 0 fully saturated rings. The van der Waals surface area contributed by atoms with Gasteiger partial charge in [0, 0.05) is 13.1 Å². The maximum atomic E-state index is 4.36. The topological polar surface area (TPSA) is 41.0 Å². The van der Waals surface area contributed by atoms with Crippen LogP contribution in [0.25, 0.3) is 10.2 Å². The van der Waals surface area contributed by atoms with E-state index in [2.05, 4.69) is 58.5 Å². The second-order valence-electron chi connectivity index (χ2n) is 5.22. The summed E-state index contributed by atoms with van der Waals surface area (Å²) >= 11 is 1.67. The molecule has 3 aromatic rings. The molecule has 108 valence electrons. The summed E-state index contributed by atoms with van der Waals surface area (Å²) in [5.74, 6) is 0.912. The van der Waals surface area contributed by atoms with E-state index < -0.39 is 0 Å². The highest BCUT2D eigenvalue weighted by atomic mass is 32.1. The van der Waals surface area contributed by atoms with Gasteiger partial charge < -0.3 is 10.2 Å². The fraction of sp³-hybridized carbons (Fsp3) is 0.250. The van der Waals surface area contributed by atoms with Crippen LogP contribution < -0.4 is 5.32 Å². The van der Waals surface area contributed by atoms with Gasteiger partial charge in [0.2, 0.25) is 0 Å². The Bertz CT molecular complexity index is 736. The highest BCUT2D eigenvalue weighted by Gasteiger charge is 2.07. The summed E-state index contributed by atoms with van der Waals surface area (Å²) in [5, 5.41) is 5.49. The van der Waals surface area contributed by atoms with E-state index in [1.54, 1.807) is 17.7 Å². The Hall–Kier alpha value is -1.98. The van der Waals surface area contributed by atoms with Crippen LogP contribution in [0.2, 0.25) is 0 Å². The Morgan fingerprint density at radius 3 is 2.71 bits per heavy atom. The zero-order valence-electron chi connectivity index (χ0n) is 12.2. The predicted octanol–water partition coefficient (Wildman–Crippen LogP) is 3.37. The number of aromatic nitrogens is 2. The average Bonchev–Trinajstić information content (AvgIpc) is 2.95. The highest BCUT2D eigenvalue weighted by Crippen LogP contribution is 2.25. The van der Waals surface area contributed by atoms with E-state index in [9.17, 15) is 0 Å². The van der Waals surface area contributed by atoms with Crippen LogP contribution in [-0.2, 0) is 13.1 Å². The summed E-state index contributed by atoms with van der Waals surface area (Å²) in [6.45, 7) is 1.71. The summed E-state index contributed by atoms with van der Waals surface area (Å²) in [5.41, 5.74) is 3.64. The van der Waals surface area contributed by atoms with Gasteiger partial charge in [-0.3, -0.25) is 0 Å². The fourth-order valence-electron chi connectivity index (χ4n) is 2.32. The first kappa shape index (κ1) is 14.0. The van der Waals surface area contributed by atoms with Crippen LogP contribution >= 0.6 is 11.3 Å². The van der Waals surface area contributed by atoms with Crippen LogP contribution in [0.5, 0.6) is 0 Å². The first-order valence-corrected chi connectivity index (χ1v) is 7.75. The lowest BCUT2D eigenvalue weighted by atomic mass is 10.1. The zero-order chi connectivity index (χ0) is 14.7. The minimum Gasteiger partial charge on any atom is -0.365 e. The molecule has 5 heteroatoms. The van der Waals surface area contributed by atoms with Gasteiger partial charge in [-0.25, -0.2) is 9.97 Å². The van der Waals surface area contributed by atoms with Crippen molar-refractivity contribution in [3.05, 3.63) is 53.2 Å². The average molecular weight is 298 g/mol. The molecular formula is C16H18N4S. The van der Waals surface area contributed by atoms with Gasteiger partial charge in [0.15, 0.2) is 0 Å². The van der Waals surface area contributed by atoms with Crippen molar-refractivity contribution < 1.29 is 0 Å². The van der Waals surface area contributed by atoms with Crippen molar-refractivity contribution in [2.24, 2.45) is 0 Å². The molecule has 4 nitrogen and oxygen atoms in total. The number of hydrogen-bond donors (Lipinski definition) is 1. The Morgan fingerprint density at radius 1 is 1.10 bits per heavy atom. The fourth-order valence-corrected chi connectivity index (χ4v) is 3.13. The van der Waals surface area contributed by atoms with Gasteiger partial charge in [0.05, 0.1) is 10.2 Å². The number of nitrogens with one attached hydrogen (secondary N) is 1. The lowest BCUT2D eigenvalue weighted by molar-refractivity contribution is 0.401. The molecule has 0 aliphatic heterocycles. The summed E-state index contributed by atoms with van der Waals surface area (Å²) in [7, 11) is 4.17. The summed E-state index contributed by atoms with van der Waals surface area (Å²) in [6.07, 6.45) is 1.61. The number of anilines is 1. The summed E-state index contributed by atoms with van der Waals surface area (Å²) in [4.78, 5) is 10.8. The Labute approximate surface area is 128 Å². The lowest BCUT2D eigenvalue weighted by Gasteiger charge is -2.15. The molecule has 0 spiro atoms. The molecule has 0 bridgehead atoms. The molecule has 0 amide bonds. The van der Waals surface area contributed by atoms with Gasteiger partial charge in [0.1, 0.15) is 12.1 Å². The van der Waals surface area contributed by atoms with Crippen LogP contribution in [0.4, 0.5) is 5.82 Å². The van der Waals surface area contributed by atoms with E-state index >= 15 is 0 Å². The second-order valence-corrected chi connectivity index (χ2v) is 6.13.